The number of hydrogen-bond donors (Lipinski definition) is 1. The summed E-state index contributed by atoms with van der Waals surface area (Å²) in [6, 6.07) is 13.8. The third kappa shape index (κ3) is 4.55. The summed E-state index contributed by atoms with van der Waals surface area (Å²) in [6.45, 7) is 1.02. The lowest BCUT2D eigenvalue weighted by molar-refractivity contribution is -0.126. The van der Waals surface area contributed by atoms with Crippen LogP contribution in [0.15, 0.2) is 64.8 Å². The molecule has 0 aliphatic heterocycles. The average molecular weight is 327 g/mol. The fourth-order valence-electron chi connectivity index (χ4n) is 2.13. The Hall–Kier alpha value is -2.37. The Labute approximate surface area is 138 Å². The second-order valence-electron chi connectivity index (χ2n) is 5.07. The second-order valence-corrected chi connectivity index (χ2v) is 6.06. The Balaban J connectivity index is 1.41. The van der Waals surface area contributed by atoms with E-state index in [1.165, 1.54) is 0 Å². The highest BCUT2D eigenvalue weighted by Crippen LogP contribution is 2.25. The van der Waals surface area contributed by atoms with E-state index in [-0.39, 0.29) is 12.5 Å². The van der Waals surface area contributed by atoms with Crippen molar-refractivity contribution in [1.29, 1.82) is 0 Å². The molecule has 4 nitrogen and oxygen atoms in total. The van der Waals surface area contributed by atoms with Crippen LogP contribution in [0.5, 0.6) is 0 Å². The fourth-order valence-corrected chi connectivity index (χ4v) is 2.96. The van der Waals surface area contributed by atoms with E-state index >= 15 is 0 Å². The summed E-state index contributed by atoms with van der Waals surface area (Å²) in [5.41, 5.74) is 3.21. The van der Waals surface area contributed by atoms with Crippen molar-refractivity contribution in [2.45, 2.75) is 13.2 Å². The fraction of sp³-hybridized carbons (Fsp3) is 0.167. The minimum Gasteiger partial charge on any atom is -0.472 e. The lowest BCUT2D eigenvalue weighted by Gasteiger charge is -2.05. The van der Waals surface area contributed by atoms with E-state index in [0.29, 0.717) is 13.2 Å². The maximum Gasteiger partial charge on any atom is 0.246 e. The van der Waals surface area contributed by atoms with Crippen LogP contribution in [0.25, 0.3) is 11.1 Å². The van der Waals surface area contributed by atoms with E-state index in [1.54, 1.807) is 23.9 Å². The van der Waals surface area contributed by atoms with E-state index in [4.69, 9.17) is 9.15 Å². The molecule has 118 valence electrons. The number of amides is 1. The van der Waals surface area contributed by atoms with E-state index in [0.717, 1.165) is 21.6 Å². The van der Waals surface area contributed by atoms with Gasteiger partial charge in [0.15, 0.2) is 0 Å². The molecule has 0 radical (unpaired) electrons. The maximum atomic E-state index is 11.8. The third-order valence-corrected chi connectivity index (χ3v) is 4.25. The van der Waals surface area contributed by atoms with E-state index in [1.807, 2.05) is 36.4 Å². The van der Waals surface area contributed by atoms with Gasteiger partial charge in [-0.3, -0.25) is 4.79 Å². The molecular weight excluding hydrogens is 310 g/mol. The zero-order valence-electron chi connectivity index (χ0n) is 12.5. The SMILES string of the molecule is O=C(COCc1ccccc1)NCc1cc(-c2ccoc2)cs1. The molecule has 2 heterocycles. The summed E-state index contributed by atoms with van der Waals surface area (Å²) in [7, 11) is 0. The molecule has 0 saturated heterocycles. The first kappa shape index (κ1) is 15.5. The minimum absolute atomic E-state index is 0.0643. The van der Waals surface area contributed by atoms with Crippen LogP contribution < -0.4 is 5.32 Å². The number of nitrogens with one attached hydrogen (secondary N) is 1. The zero-order valence-corrected chi connectivity index (χ0v) is 13.3. The molecule has 0 aliphatic carbocycles. The number of rotatable bonds is 7. The van der Waals surface area contributed by atoms with Gasteiger partial charge in [0.25, 0.3) is 0 Å². The molecule has 0 unspecified atom stereocenters. The summed E-state index contributed by atoms with van der Waals surface area (Å²) < 4.78 is 10.5. The van der Waals surface area contributed by atoms with Gasteiger partial charge in [0, 0.05) is 10.4 Å². The molecule has 1 N–H and O–H groups in total. The minimum atomic E-state index is -0.112. The maximum absolute atomic E-state index is 11.8. The van der Waals surface area contributed by atoms with Gasteiger partial charge in [0.2, 0.25) is 5.91 Å². The molecule has 1 amide bonds. The summed E-state index contributed by atoms with van der Waals surface area (Å²) in [5.74, 6) is -0.112. The van der Waals surface area contributed by atoms with Gasteiger partial charge >= 0.3 is 0 Å². The first-order valence-corrected chi connectivity index (χ1v) is 8.17. The van der Waals surface area contributed by atoms with Gasteiger partial charge in [-0.05, 0) is 28.6 Å². The molecule has 5 heteroatoms. The second kappa shape index (κ2) is 7.76. The van der Waals surface area contributed by atoms with Gasteiger partial charge in [-0.1, -0.05) is 30.3 Å². The van der Waals surface area contributed by atoms with Gasteiger partial charge in [-0.2, -0.15) is 0 Å². The summed E-state index contributed by atoms with van der Waals surface area (Å²) >= 11 is 1.61. The number of carbonyl (C=O) groups excluding carboxylic acids is 1. The summed E-state index contributed by atoms with van der Waals surface area (Å²) in [5, 5.41) is 4.92. The van der Waals surface area contributed by atoms with Crippen molar-refractivity contribution in [3.8, 4) is 11.1 Å². The standard InChI is InChI=1S/C18H17NO3S/c20-18(12-22-10-14-4-2-1-3-5-14)19-9-17-8-16(13-23-17)15-6-7-21-11-15/h1-8,11,13H,9-10,12H2,(H,19,20). The van der Waals surface area contributed by atoms with Crippen LogP contribution >= 0.6 is 11.3 Å². The molecule has 3 rings (SSSR count). The summed E-state index contributed by atoms with van der Waals surface area (Å²) in [6.07, 6.45) is 3.36. The molecule has 3 aromatic rings. The molecule has 0 aliphatic rings. The van der Waals surface area contributed by atoms with Gasteiger partial charge in [-0.15, -0.1) is 11.3 Å². The highest BCUT2D eigenvalue weighted by molar-refractivity contribution is 7.10. The van der Waals surface area contributed by atoms with Crippen molar-refractivity contribution in [1.82, 2.24) is 5.32 Å². The number of hydrogen-bond acceptors (Lipinski definition) is 4. The van der Waals surface area contributed by atoms with Gasteiger partial charge in [0.05, 0.1) is 25.7 Å². The van der Waals surface area contributed by atoms with Gasteiger partial charge < -0.3 is 14.5 Å². The highest BCUT2D eigenvalue weighted by atomic mass is 32.1. The Morgan fingerprint density at radius 3 is 2.83 bits per heavy atom. The molecular formula is C18H17NO3S. The van der Waals surface area contributed by atoms with Crippen molar-refractivity contribution in [3.05, 3.63) is 70.8 Å². The predicted octanol–water partition coefficient (Wildman–Crippen LogP) is 3.84. The third-order valence-electron chi connectivity index (χ3n) is 3.31. The lowest BCUT2D eigenvalue weighted by atomic mass is 10.2. The molecule has 1 aromatic carbocycles. The Morgan fingerprint density at radius 1 is 1.17 bits per heavy atom. The van der Waals surface area contributed by atoms with Gasteiger partial charge in [0.1, 0.15) is 6.61 Å². The topological polar surface area (TPSA) is 51.5 Å². The van der Waals surface area contributed by atoms with E-state index in [9.17, 15) is 4.79 Å². The molecule has 0 atom stereocenters. The Bertz CT molecular complexity index is 735. The van der Waals surface area contributed by atoms with Crippen molar-refractivity contribution in [2.75, 3.05) is 6.61 Å². The van der Waals surface area contributed by atoms with Crippen LogP contribution in [0.2, 0.25) is 0 Å². The van der Waals surface area contributed by atoms with E-state index < -0.39 is 0 Å². The lowest BCUT2D eigenvalue weighted by Crippen LogP contribution is -2.26. The number of furan rings is 1. The number of carbonyl (C=O) groups is 1. The quantitative estimate of drug-likeness (QED) is 0.717. The largest absolute Gasteiger partial charge is 0.472 e. The number of ether oxygens (including phenoxy) is 1. The molecule has 0 fully saturated rings. The Kier molecular flexibility index (Phi) is 5.24. The molecule has 2 aromatic heterocycles. The zero-order chi connectivity index (χ0) is 15.9. The van der Waals surface area contributed by atoms with Crippen LogP contribution in [0.3, 0.4) is 0 Å². The highest BCUT2D eigenvalue weighted by Gasteiger charge is 2.06. The van der Waals surface area contributed by atoms with Crippen molar-refractivity contribution in [2.24, 2.45) is 0 Å². The number of thiophene rings is 1. The molecule has 0 saturated carbocycles. The van der Waals surface area contributed by atoms with Crippen LogP contribution in [0.1, 0.15) is 10.4 Å². The smallest absolute Gasteiger partial charge is 0.246 e. The van der Waals surface area contributed by atoms with Crippen molar-refractivity contribution >= 4 is 17.2 Å². The normalized spacial score (nSPS) is 10.6. The summed E-state index contributed by atoms with van der Waals surface area (Å²) in [4.78, 5) is 12.9. The first-order valence-electron chi connectivity index (χ1n) is 7.29. The Morgan fingerprint density at radius 2 is 2.04 bits per heavy atom. The number of benzene rings is 1. The first-order chi connectivity index (χ1) is 11.3. The molecule has 23 heavy (non-hydrogen) atoms. The van der Waals surface area contributed by atoms with Crippen LogP contribution in [-0.2, 0) is 22.7 Å². The molecule has 0 bridgehead atoms. The molecule has 0 spiro atoms. The van der Waals surface area contributed by atoms with E-state index in [2.05, 4.69) is 16.8 Å². The van der Waals surface area contributed by atoms with Crippen LogP contribution in [0.4, 0.5) is 0 Å². The predicted molar refractivity (Wildman–Crippen MR) is 90.0 cm³/mol. The van der Waals surface area contributed by atoms with Crippen molar-refractivity contribution in [3.63, 3.8) is 0 Å². The average Bonchev–Trinajstić information content (AvgIpc) is 3.25. The monoisotopic (exact) mass is 327 g/mol. The van der Waals surface area contributed by atoms with Gasteiger partial charge in [-0.25, -0.2) is 0 Å². The van der Waals surface area contributed by atoms with Crippen LogP contribution in [0, 0.1) is 0 Å². The van der Waals surface area contributed by atoms with Crippen molar-refractivity contribution < 1.29 is 13.9 Å². The van der Waals surface area contributed by atoms with Crippen LogP contribution in [-0.4, -0.2) is 12.5 Å².